The van der Waals surface area contributed by atoms with E-state index in [1.54, 1.807) is 12.1 Å². The highest BCUT2D eigenvalue weighted by Crippen LogP contribution is 2.29. The number of methoxy groups -OCH3 is 2. The number of nitrogens with zero attached hydrogens (tertiary/aromatic N) is 1. The summed E-state index contributed by atoms with van der Waals surface area (Å²) in [6.45, 7) is 4.57. The van der Waals surface area contributed by atoms with Gasteiger partial charge in [0, 0.05) is 35.2 Å². The molecule has 0 aliphatic heterocycles. The number of carboxylic acids is 1. The van der Waals surface area contributed by atoms with Gasteiger partial charge in [-0.2, -0.15) is 0 Å². The Labute approximate surface area is 217 Å². The number of hydrogen-bond acceptors (Lipinski definition) is 5. The number of anilines is 1. The van der Waals surface area contributed by atoms with E-state index in [0.717, 1.165) is 47.7 Å². The van der Waals surface area contributed by atoms with Gasteiger partial charge in [0.25, 0.3) is 0 Å². The Morgan fingerprint density at radius 1 is 1.05 bits per heavy atom. The zero-order valence-electron chi connectivity index (χ0n) is 22.0. The lowest BCUT2D eigenvalue weighted by molar-refractivity contribution is -0.140. The average molecular weight is 509 g/mol. The highest BCUT2D eigenvalue weighted by Gasteiger charge is 2.18. The van der Waals surface area contributed by atoms with Crippen LogP contribution in [0.5, 0.6) is 5.75 Å². The summed E-state index contributed by atoms with van der Waals surface area (Å²) in [5, 5.41) is 13.4. The summed E-state index contributed by atoms with van der Waals surface area (Å²) in [6, 6.07) is 10.6. The molecule has 2 N–H and O–H groups in total. The third kappa shape index (κ3) is 6.90. The molecule has 3 aromatic rings. The first-order chi connectivity index (χ1) is 17.8. The fraction of sp³-hybridized carbons (Fsp3) is 0.414. The quantitative estimate of drug-likeness (QED) is 0.289. The van der Waals surface area contributed by atoms with Gasteiger partial charge in [0.1, 0.15) is 5.75 Å². The predicted octanol–water partition coefficient (Wildman–Crippen LogP) is 5.66. The number of unbranched alkanes of at least 4 members (excludes halogenated alkanes) is 1. The predicted molar refractivity (Wildman–Crippen MR) is 143 cm³/mol. The van der Waals surface area contributed by atoms with Crippen LogP contribution in [-0.4, -0.2) is 41.7 Å². The van der Waals surface area contributed by atoms with Crippen LogP contribution < -0.4 is 10.1 Å². The second kappa shape index (κ2) is 12.9. The van der Waals surface area contributed by atoms with Crippen molar-refractivity contribution in [2.45, 2.75) is 58.9 Å². The maximum absolute atomic E-state index is 12.9. The standard InChI is InChI=1S/C29H36N2O6/c1-5-7-8-19(6-2)28(33)30-23-12-13-24-21(11-14-27(32)37-4)17-31(25(24)16-23)18-22-10-9-20(29(34)35)15-26(22)36-3/h9-10,12-13,15-17,19H,5-8,11,14,18H2,1-4H3,(H,30,33)(H,34,35). The van der Waals surface area contributed by atoms with Gasteiger partial charge in [-0.1, -0.05) is 38.8 Å². The Bertz CT molecular complexity index is 1260. The summed E-state index contributed by atoms with van der Waals surface area (Å²) in [5.74, 6) is -0.844. The van der Waals surface area contributed by atoms with Gasteiger partial charge in [0.05, 0.1) is 31.8 Å². The number of aromatic carboxylic acids is 1. The minimum absolute atomic E-state index is 0.0187. The van der Waals surface area contributed by atoms with Crippen molar-refractivity contribution in [1.82, 2.24) is 4.57 Å². The van der Waals surface area contributed by atoms with Gasteiger partial charge >= 0.3 is 11.9 Å². The summed E-state index contributed by atoms with van der Waals surface area (Å²) in [7, 11) is 2.88. The molecule has 2 aromatic carbocycles. The van der Waals surface area contributed by atoms with Crippen LogP contribution in [0.4, 0.5) is 5.69 Å². The van der Waals surface area contributed by atoms with Crippen LogP contribution in [-0.2, 0) is 27.3 Å². The molecular formula is C29H36N2O6. The normalized spacial score (nSPS) is 11.8. The number of esters is 1. The van der Waals surface area contributed by atoms with Gasteiger partial charge in [-0.15, -0.1) is 0 Å². The number of nitrogens with one attached hydrogen (secondary N) is 1. The zero-order chi connectivity index (χ0) is 26.9. The molecule has 37 heavy (non-hydrogen) atoms. The summed E-state index contributed by atoms with van der Waals surface area (Å²) < 4.78 is 12.3. The van der Waals surface area contributed by atoms with Crippen LogP contribution in [0.3, 0.4) is 0 Å². The molecule has 3 rings (SSSR count). The number of amides is 1. The molecule has 0 aliphatic rings. The Balaban J connectivity index is 1.98. The first-order valence-corrected chi connectivity index (χ1v) is 12.7. The van der Waals surface area contributed by atoms with Gasteiger partial charge in [-0.3, -0.25) is 9.59 Å². The molecule has 1 aromatic heterocycles. The monoisotopic (exact) mass is 508 g/mol. The number of ether oxygens (including phenoxy) is 2. The van der Waals surface area contributed by atoms with E-state index in [4.69, 9.17) is 9.47 Å². The van der Waals surface area contributed by atoms with Crippen molar-refractivity contribution in [2.75, 3.05) is 19.5 Å². The van der Waals surface area contributed by atoms with Crippen LogP contribution >= 0.6 is 0 Å². The van der Waals surface area contributed by atoms with Crippen LogP contribution in [0.15, 0.2) is 42.6 Å². The molecular weight excluding hydrogens is 472 g/mol. The van der Waals surface area contributed by atoms with Crippen LogP contribution in [0.1, 0.15) is 67.4 Å². The SMILES string of the molecule is CCCCC(CC)C(=O)Nc1ccc2c(CCC(=O)OC)cn(Cc3ccc(C(=O)O)cc3OC)c2c1. The average Bonchev–Trinajstić information content (AvgIpc) is 3.24. The van der Waals surface area contributed by atoms with E-state index in [9.17, 15) is 19.5 Å². The minimum atomic E-state index is -1.02. The van der Waals surface area contributed by atoms with Crippen molar-refractivity contribution in [1.29, 1.82) is 0 Å². The molecule has 0 saturated heterocycles. The van der Waals surface area contributed by atoms with Gasteiger partial charge < -0.3 is 24.5 Å². The number of fused-ring (bicyclic) bond motifs is 1. The van der Waals surface area contributed by atoms with E-state index >= 15 is 0 Å². The zero-order valence-corrected chi connectivity index (χ0v) is 22.0. The smallest absolute Gasteiger partial charge is 0.335 e. The lowest BCUT2D eigenvalue weighted by Gasteiger charge is -2.15. The molecule has 8 heteroatoms. The molecule has 0 radical (unpaired) electrons. The molecule has 0 fully saturated rings. The van der Waals surface area contributed by atoms with E-state index in [2.05, 4.69) is 12.2 Å². The minimum Gasteiger partial charge on any atom is -0.496 e. The maximum Gasteiger partial charge on any atom is 0.335 e. The van der Waals surface area contributed by atoms with E-state index in [1.165, 1.54) is 20.3 Å². The molecule has 1 heterocycles. The number of hydrogen-bond donors (Lipinski definition) is 2. The maximum atomic E-state index is 12.9. The number of carbonyl (C=O) groups is 3. The Morgan fingerprint density at radius 2 is 1.84 bits per heavy atom. The second-order valence-electron chi connectivity index (χ2n) is 9.16. The first kappa shape index (κ1) is 27.8. The van der Waals surface area contributed by atoms with E-state index in [0.29, 0.717) is 24.4 Å². The topological polar surface area (TPSA) is 107 Å². The van der Waals surface area contributed by atoms with Crippen molar-refractivity contribution in [3.63, 3.8) is 0 Å². The van der Waals surface area contributed by atoms with Crippen molar-refractivity contribution in [3.05, 3.63) is 59.3 Å². The van der Waals surface area contributed by atoms with Crippen molar-refractivity contribution in [2.24, 2.45) is 5.92 Å². The second-order valence-corrected chi connectivity index (χ2v) is 9.16. The van der Waals surface area contributed by atoms with Gasteiger partial charge in [-0.05, 0) is 49.1 Å². The molecule has 198 valence electrons. The number of carboxylic acid groups (broad SMARTS) is 1. The van der Waals surface area contributed by atoms with Crippen LogP contribution in [0.25, 0.3) is 10.9 Å². The lowest BCUT2D eigenvalue weighted by atomic mass is 9.98. The first-order valence-electron chi connectivity index (χ1n) is 12.7. The Hall–Kier alpha value is -3.81. The summed E-state index contributed by atoms with van der Waals surface area (Å²) in [4.78, 5) is 36.1. The number of aryl methyl sites for hydroxylation is 1. The highest BCUT2D eigenvalue weighted by molar-refractivity contribution is 5.96. The number of carbonyl (C=O) groups excluding carboxylic acids is 2. The van der Waals surface area contributed by atoms with Crippen LogP contribution in [0.2, 0.25) is 0 Å². The molecule has 0 bridgehead atoms. The highest BCUT2D eigenvalue weighted by atomic mass is 16.5. The van der Waals surface area contributed by atoms with Crippen molar-refractivity contribution < 1.29 is 29.0 Å². The summed E-state index contributed by atoms with van der Waals surface area (Å²) in [6.07, 6.45) is 6.45. The molecule has 8 nitrogen and oxygen atoms in total. The molecule has 0 spiro atoms. The van der Waals surface area contributed by atoms with Gasteiger partial charge in [0.2, 0.25) is 5.91 Å². The van der Waals surface area contributed by atoms with Crippen molar-refractivity contribution in [3.8, 4) is 5.75 Å². The van der Waals surface area contributed by atoms with Gasteiger partial charge in [0.15, 0.2) is 0 Å². The summed E-state index contributed by atoms with van der Waals surface area (Å²) in [5.41, 5.74) is 3.54. The number of rotatable bonds is 13. The van der Waals surface area contributed by atoms with E-state index < -0.39 is 5.97 Å². The fourth-order valence-corrected chi connectivity index (χ4v) is 4.52. The Morgan fingerprint density at radius 3 is 2.49 bits per heavy atom. The van der Waals surface area contributed by atoms with Gasteiger partial charge in [-0.25, -0.2) is 4.79 Å². The molecule has 1 amide bonds. The third-order valence-corrected chi connectivity index (χ3v) is 6.70. The lowest BCUT2D eigenvalue weighted by Crippen LogP contribution is -2.22. The largest absolute Gasteiger partial charge is 0.496 e. The third-order valence-electron chi connectivity index (χ3n) is 6.70. The Kier molecular flexibility index (Phi) is 9.71. The number of aromatic nitrogens is 1. The fourth-order valence-electron chi connectivity index (χ4n) is 4.52. The van der Waals surface area contributed by atoms with Crippen molar-refractivity contribution >= 4 is 34.4 Å². The van der Waals surface area contributed by atoms with E-state index in [1.807, 2.05) is 35.9 Å². The molecule has 1 unspecified atom stereocenters. The molecule has 0 saturated carbocycles. The van der Waals surface area contributed by atoms with E-state index in [-0.39, 0.29) is 29.8 Å². The van der Waals surface area contributed by atoms with Crippen LogP contribution in [0, 0.1) is 5.92 Å². The number of benzene rings is 2. The summed E-state index contributed by atoms with van der Waals surface area (Å²) >= 11 is 0. The molecule has 0 aliphatic carbocycles. The molecule has 1 atom stereocenters.